The predicted molar refractivity (Wildman–Crippen MR) is 79.0 cm³/mol. The van der Waals surface area contributed by atoms with Crippen molar-refractivity contribution in [1.82, 2.24) is 14.8 Å². The van der Waals surface area contributed by atoms with Gasteiger partial charge < -0.3 is 4.90 Å². The maximum atomic E-state index is 5.51. The summed E-state index contributed by atoms with van der Waals surface area (Å²) in [6.07, 6.45) is 5.51. The fourth-order valence-corrected chi connectivity index (χ4v) is 2.33. The highest BCUT2D eigenvalue weighted by molar-refractivity contribution is 5.32. The van der Waals surface area contributed by atoms with E-state index in [2.05, 4.69) is 47.7 Å². The number of nitrogens with zero attached hydrogens (tertiary/aromatic N) is 3. The highest BCUT2D eigenvalue weighted by Gasteiger charge is 2.15. The van der Waals surface area contributed by atoms with Crippen molar-refractivity contribution in [3.8, 4) is 12.3 Å². The van der Waals surface area contributed by atoms with Gasteiger partial charge in [0, 0.05) is 32.7 Å². The molecule has 0 aliphatic carbocycles. The van der Waals surface area contributed by atoms with E-state index < -0.39 is 0 Å². The molecular formula is C16H23N3. The molecule has 0 N–H and O–H groups in total. The molecule has 1 aromatic heterocycles. The molecule has 0 aromatic carbocycles. The molecule has 0 atom stereocenters. The Morgan fingerprint density at radius 1 is 1.26 bits per heavy atom. The molecule has 1 saturated heterocycles. The lowest BCUT2D eigenvalue weighted by Crippen LogP contribution is -2.44. The fourth-order valence-electron chi connectivity index (χ4n) is 2.33. The van der Waals surface area contributed by atoms with Crippen molar-refractivity contribution >= 4 is 0 Å². The van der Waals surface area contributed by atoms with E-state index in [1.54, 1.807) is 0 Å². The molecule has 0 saturated carbocycles. The van der Waals surface area contributed by atoms with Crippen molar-refractivity contribution in [3.05, 3.63) is 29.1 Å². The second-order valence-corrected chi connectivity index (χ2v) is 5.66. The predicted octanol–water partition coefficient (Wildman–Crippen LogP) is 1.93. The Labute approximate surface area is 116 Å². The van der Waals surface area contributed by atoms with Crippen LogP contribution in [0.2, 0.25) is 0 Å². The molecule has 1 aromatic rings. The van der Waals surface area contributed by atoms with Crippen LogP contribution in [0.15, 0.2) is 12.1 Å². The first-order chi connectivity index (χ1) is 9.08. The van der Waals surface area contributed by atoms with Gasteiger partial charge in [0.25, 0.3) is 0 Å². The molecule has 2 heterocycles. The number of piperazine rings is 1. The van der Waals surface area contributed by atoms with Gasteiger partial charge in [-0.1, -0.05) is 19.8 Å². The average Bonchev–Trinajstić information content (AvgIpc) is 2.41. The molecule has 1 fully saturated rings. The normalized spacial score (nSPS) is 17.6. The Morgan fingerprint density at radius 2 is 1.95 bits per heavy atom. The third-order valence-corrected chi connectivity index (χ3v) is 3.70. The number of hydrogen-bond acceptors (Lipinski definition) is 3. The third kappa shape index (κ3) is 3.79. The number of hydrogen-bond donors (Lipinski definition) is 0. The zero-order chi connectivity index (χ0) is 13.8. The third-order valence-electron chi connectivity index (χ3n) is 3.70. The molecule has 1 aliphatic rings. The molecule has 0 radical (unpaired) electrons. The van der Waals surface area contributed by atoms with Gasteiger partial charge in [-0.2, -0.15) is 0 Å². The summed E-state index contributed by atoms with van der Waals surface area (Å²) in [7, 11) is 2.17. The Bertz CT molecular complexity index is 465. The van der Waals surface area contributed by atoms with Crippen molar-refractivity contribution < 1.29 is 0 Å². The van der Waals surface area contributed by atoms with E-state index in [0.29, 0.717) is 5.92 Å². The smallest absolute Gasteiger partial charge is 0.113 e. The van der Waals surface area contributed by atoms with Gasteiger partial charge in [0.1, 0.15) is 5.69 Å². The van der Waals surface area contributed by atoms with Gasteiger partial charge in [-0.3, -0.25) is 4.90 Å². The molecule has 102 valence electrons. The lowest BCUT2D eigenvalue weighted by Gasteiger charge is -2.32. The summed E-state index contributed by atoms with van der Waals surface area (Å²) in [5.41, 5.74) is 3.14. The van der Waals surface area contributed by atoms with Crippen molar-refractivity contribution in [3.63, 3.8) is 0 Å². The van der Waals surface area contributed by atoms with E-state index in [1.165, 1.54) is 5.56 Å². The monoisotopic (exact) mass is 257 g/mol. The van der Waals surface area contributed by atoms with E-state index in [-0.39, 0.29) is 0 Å². The van der Waals surface area contributed by atoms with Crippen LogP contribution >= 0.6 is 0 Å². The largest absolute Gasteiger partial charge is 0.304 e. The molecule has 2 rings (SSSR count). The summed E-state index contributed by atoms with van der Waals surface area (Å²) >= 11 is 0. The van der Waals surface area contributed by atoms with Crippen LogP contribution in [0, 0.1) is 12.3 Å². The molecule has 1 aliphatic heterocycles. The Kier molecular flexibility index (Phi) is 4.57. The fraction of sp³-hybridized carbons (Fsp3) is 0.562. The lowest BCUT2D eigenvalue weighted by atomic mass is 10.0. The van der Waals surface area contributed by atoms with Crippen LogP contribution < -0.4 is 0 Å². The van der Waals surface area contributed by atoms with Gasteiger partial charge in [0.15, 0.2) is 0 Å². The zero-order valence-corrected chi connectivity index (χ0v) is 12.2. The Morgan fingerprint density at radius 3 is 2.53 bits per heavy atom. The average molecular weight is 257 g/mol. The molecule has 0 unspecified atom stereocenters. The molecule has 0 bridgehead atoms. The van der Waals surface area contributed by atoms with Crippen LogP contribution in [-0.2, 0) is 6.54 Å². The number of likely N-dealkylation sites (N-methyl/N-ethyl adjacent to an activating group) is 1. The van der Waals surface area contributed by atoms with E-state index in [9.17, 15) is 0 Å². The quantitative estimate of drug-likeness (QED) is 0.771. The van der Waals surface area contributed by atoms with Crippen LogP contribution in [0.25, 0.3) is 0 Å². The maximum absolute atomic E-state index is 5.51. The number of rotatable bonds is 3. The minimum absolute atomic E-state index is 0.487. The van der Waals surface area contributed by atoms with Gasteiger partial charge >= 0.3 is 0 Å². The summed E-state index contributed by atoms with van der Waals surface area (Å²) in [5, 5.41) is 0. The van der Waals surface area contributed by atoms with Crippen LogP contribution in [0.5, 0.6) is 0 Å². The van der Waals surface area contributed by atoms with Crippen molar-refractivity contribution in [2.24, 2.45) is 0 Å². The van der Waals surface area contributed by atoms with E-state index in [4.69, 9.17) is 6.42 Å². The van der Waals surface area contributed by atoms with Gasteiger partial charge in [0.05, 0.1) is 5.69 Å². The summed E-state index contributed by atoms with van der Waals surface area (Å²) in [4.78, 5) is 9.37. The first-order valence-electron chi connectivity index (χ1n) is 6.97. The SMILES string of the molecule is C#Cc1cc(C(C)C)cc(CN2CCN(C)CC2)n1. The summed E-state index contributed by atoms with van der Waals surface area (Å²) in [6.45, 7) is 9.76. The summed E-state index contributed by atoms with van der Waals surface area (Å²) in [6, 6.07) is 4.22. The van der Waals surface area contributed by atoms with Crippen molar-refractivity contribution in [2.75, 3.05) is 33.2 Å². The molecule has 3 heteroatoms. The Balaban J connectivity index is 2.11. The first-order valence-corrected chi connectivity index (χ1v) is 6.97. The molecule has 3 nitrogen and oxygen atoms in total. The minimum Gasteiger partial charge on any atom is -0.304 e. The zero-order valence-electron chi connectivity index (χ0n) is 12.2. The van der Waals surface area contributed by atoms with Gasteiger partial charge in [-0.05, 0) is 30.7 Å². The molecular weight excluding hydrogens is 234 g/mol. The molecule has 19 heavy (non-hydrogen) atoms. The van der Waals surface area contributed by atoms with E-state index >= 15 is 0 Å². The number of pyridine rings is 1. The molecule has 0 spiro atoms. The lowest BCUT2D eigenvalue weighted by molar-refractivity contribution is 0.147. The number of terminal acetylenes is 1. The topological polar surface area (TPSA) is 19.4 Å². The first kappa shape index (κ1) is 14.0. The summed E-state index contributed by atoms with van der Waals surface area (Å²) < 4.78 is 0. The summed E-state index contributed by atoms with van der Waals surface area (Å²) in [5.74, 6) is 3.16. The van der Waals surface area contributed by atoms with E-state index in [1.807, 2.05) is 6.07 Å². The van der Waals surface area contributed by atoms with Gasteiger partial charge in [0.2, 0.25) is 0 Å². The second kappa shape index (κ2) is 6.18. The van der Waals surface area contributed by atoms with Crippen LogP contribution in [-0.4, -0.2) is 48.0 Å². The number of aromatic nitrogens is 1. The minimum atomic E-state index is 0.487. The van der Waals surface area contributed by atoms with E-state index in [0.717, 1.165) is 44.1 Å². The van der Waals surface area contributed by atoms with Crippen molar-refractivity contribution in [2.45, 2.75) is 26.3 Å². The standard InChI is InChI=1S/C16H23N3/c1-5-15-10-14(13(2)3)11-16(17-15)12-19-8-6-18(4)7-9-19/h1,10-11,13H,6-9,12H2,2-4H3. The van der Waals surface area contributed by atoms with Crippen molar-refractivity contribution in [1.29, 1.82) is 0 Å². The highest BCUT2D eigenvalue weighted by Crippen LogP contribution is 2.17. The molecule has 0 amide bonds. The Hall–Kier alpha value is -1.37. The van der Waals surface area contributed by atoms with Crippen LogP contribution in [0.3, 0.4) is 0 Å². The second-order valence-electron chi connectivity index (χ2n) is 5.66. The van der Waals surface area contributed by atoms with Gasteiger partial charge in [-0.25, -0.2) is 4.98 Å². The van der Waals surface area contributed by atoms with Crippen LogP contribution in [0.1, 0.15) is 36.7 Å². The van der Waals surface area contributed by atoms with Crippen LogP contribution in [0.4, 0.5) is 0 Å². The highest BCUT2D eigenvalue weighted by atomic mass is 15.2. The van der Waals surface area contributed by atoms with Gasteiger partial charge in [-0.15, -0.1) is 6.42 Å². The maximum Gasteiger partial charge on any atom is 0.113 e.